The molecule has 3 rings (SSSR count). The standard InChI is InChI=1S/C32H45BrO4/c1-4-6-7-8-9-10-11-25-12-17-28(18-13-25)36-32(34)37-29-19-14-26(15-20-29)27-16-21-31(30(33)22-27)35-23-24(3)5-2/h14-16,19-22,24-25,28H,4-13,17-18,23H2,1-3H3/t24?,25-,28-. The van der Waals surface area contributed by atoms with E-state index in [1.807, 2.05) is 36.4 Å². The Balaban J connectivity index is 1.39. The SMILES string of the molecule is CCCCCCCC[C@H]1CC[C@H](OC(=O)Oc2ccc(-c3ccc(OCC(C)CC)c(Br)c3)cc2)CC1. The second kappa shape index (κ2) is 16.1. The highest BCUT2D eigenvalue weighted by molar-refractivity contribution is 9.10. The molecule has 0 bridgehead atoms. The number of benzene rings is 2. The van der Waals surface area contributed by atoms with Crippen molar-refractivity contribution in [2.24, 2.45) is 11.8 Å². The first kappa shape index (κ1) is 29.5. The quantitative estimate of drug-likeness (QED) is 0.128. The van der Waals surface area contributed by atoms with Crippen LogP contribution in [0, 0.1) is 11.8 Å². The van der Waals surface area contributed by atoms with Gasteiger partial charge in [0.1, 0.15) is 17.6 Å². The maximum Gasteiger partial charge on any atom is 0.514 e. The van der Waals surface area contributed by atoms with E-state index in [4.69, 9.17) is 14.2 Å². The molecule has 0 aromatic heterocycles. The van der Waals surface area contributed by atoms with Crippen molar-refractivity contribution in [2.75, 3.05) is 6.61 Å². The van der Waals surface area contributed by atoms with E-state index in [0.717, 1.165) is 59.4 Å². The average Bonchev–Trinajstić information content (AvgIpc) is 2.91. The van der Waals surface area contributed by atoms with E-state index in [1.54, 1.807) is 0 Å². The lowest BCUT2D eigenvalue weighted by molar-refractivity contribution is 0.0329. The van der Waals surface area contributed by atoms with Gasteiger partial charge in [-0.3, -0.25) is 0 Å². The summed E-state index contributed by atoms with van der Waals surface area (Å²) in [5.41, 5.74) is 2.10. The molecule has 1 aliphatic carbocycles. The molecule has 0 N–H and O–H groups in total. The summed E-state index contributed by atoms with van der Waals surface area (Å²) < 4.78 is 17.9. The van der Waals surface area contributed by atoms with Gasteiger partial charge in [0.05, 0.1) is 11.1 Å². The Bertz CT molecular complexity index is 934. The number of unbranched alkanes of at least 4 members (excludes halogenated alkanes) is 5. The molecule has 204 valence electrons. The summed E-state index contributed by atoms with van der Waals surface area (Å²) in [7, 11) is 0. The fourth-order valence-electron chi connectivity index (χ4n) is 4.87. The van der Waals surface area contributed by atoms with Crippen LogP contribution in [0.5, 0.6) is 11.5 Å². The Labute approximate surface area is 232 Å². The summed E-state index contributed by atoms with van der Waals surface area (Å²) in [4.78, 5) is 12.4. The smallest absolute Gasteiger partial charge is 0.492 e. The predicted octanol–water partition coefficient (Wildman–Crippen LogP) is 10.4. The predicted molar refractivity (Wildman–Crippen MR) is 155 cm³/mol. The second-order valence-corrected chi connectivity index (χ2v) is 11.5. The van der Waals surface area contributed by atoms with Gasteiger partial charge in [0, 0.05) is 0 Å². The lowest BCUT2D eigenvalue weighted by Crippen LogP contribution is -2.26. The van der Waals surface area contributed by atoms with Crippen LogP contribution in [0.3, 0.4) is 0 Å². The van der Waals surface area contributed by atoms with Crippen LogP contribution < -0.4 is 9.47 Å². The molecule has 0 heterocycles. The van der Waals surface area contributed by atoms with Crippen LogP contribution in [-0.4, -0.2) is 18.9 Å². The first-order valence-electron chi connectivity index (χ1n) is 14.4. The molecule has 0 aliphatic heterocycles. The van der Waals surface area contributed by atoms with E-state index >= 15 is 0 Å². The van der Waals surface area contributed by atoms with Crippen LogP contribution in [0.25, 0.3) is 11.1 Å². The number of halogens is 1. The highest BCUT2D eigenvalue weighted by atomic mass is 79.9. The van der Waals surface area contributed by atoms with Crippen molar-refractivity contribution < 1.29 is 19.0 Å². The molecule has 0 saturated heterocycles. The van der Waals surface area contributed by atoms with E-state index in [0.29, 0.717) is 18.3 Å². The first-order valence-corrected chi connectivity index (χ1v) is 15.2. The van der Waals surface area contributed by atoms with E-state index in [1.165, 1.54) is 44.9 Å². The van der Waals surface area contributed by atoms with Crippen molar-refractivity contribution in [3.63, 3.8) is 0 Å². The van der Waals surface area contributed by atoms with Crippen molar-refractivity contribution >= 4 is 22.1 Å². The fraction of sp³-hybridized carbons (Fsp3) is 0.594. The van der Waals surface area contributed by atoms with Crippen molar-refractivity contribution in [1.29, 1.82) is 0 Å². The zero-order chi connectivity index (χ0) is 26.5. The molecule has 2 aromatic carbocycles. The van der Waals surface area contributed by atoms with Crippen LogP contribution in [0.2, 0.25) is 0 Å². The van der Waals surface area contributed by atoms with Gasteiger partial charge < -0.3 is 14.2 Å². The molecule has 5 heteroatoms. The summed E-state index contributed by atoms with van der Waals surface area (Å²) in [6.45, 7) is 7.32. The lowest BCUT2D eigenvalue weighted by Gasteiger charge is -2.28. The van der Waals surface area contributed by atoms with Gasteiger partial charge in [-0.2, -0.15) is 0 Å². The van der Waals surface area contributed by atoms with Crippen LogP contribution in [0.1, 0.15) is 97.8 Å². The number of carbonyl (C=O) groups is 1. The lowest BCUT2D eigenvalue weighted by atomic mass is 9.84. The molecule has 1 unspecified atom stereocenters. The summed E-state index contributed by atoms with van der Waals surface area (Å²) in [6, 6.07) is 13.6. The summed E-state index contributed by atoms with van der Waals surface area (Å²) in [5.74, 6) is 2.66. The molecular formula is C32H45BrO4. The Morgan fingerprint density at radius 3 is 2.27 bits per heavy atom. The number of rotatable bonds is 14. The summed E-state index contributed by atoms with van der Waals surface area (Å²) in [5, 5.41) is 0. The third-order valence-electron chi connectivity index (χ3n) is 7.56. The third-order valence-corrected chi connectivity index (χ3v) is 8.18. The van der Waals surface area contributed by atoms with E-state index in [9.17, 15) is 4.79 Å². The molecule has 0 amide bonds. The number of hydrogen-bond donors (Lipinski definition) is 0. The van der Waals surface area contributed by atoms with Crippen LogP contribution in [0.4, 0.5) is 4.79 Å². The van der Waals surface area contributed by atoms with Gasteiger partial charge in [0.2, 0.25) is 0 Å². The van der Waals surface area contributed by atoms with Gasteiger partial charge in [-0.05, 0) is 88.8 Å². The van der Waals surface area contributed by atoms with Crippen molar-refractivity contribution in [3.05, 3.63) is 46.9 Å². The van der Waals surface area contributed by atoms with Crippen LogP contribution >= 0.6 is 15.9 Å². The van der Waals surface area contributed by atoms with E-state index < -0.39 is 6.16 Å². The van der Waals surface area contributed by atoms with Gasteiger partial charge in [-0.15, -0.1) is 0 Å². The number of carbonyl (C=O) groups excluding carboxylic acids is 1. The summed E-state index contributed by atoms with van der Waals surface area (Å²) >= 11 is 3.63. The monoisotopic (exact) mass is 572 g/mol. The number of ether oxygens (including phenoxy) is 3. The maximum absolute atomic E-state index is 12.4. The number of hydrogen-bond acceptors (Lipinski definition) is 4. The molecule has 1 saturated carbocycles. The Morgan fingerprint density at radius 2 is 1.59 bits per heavy atom. The van der Waals surface area contributed by atoms with Crippen LogP contribution in [-0.2, 0) is 4.74 Å². The Morgan fingerprint density at radius 1 is 0.919 bits per heavy atom. The largest absolute Gasteiger partial charge is 0.514 e. The molecule has 0 radical (unpaired) electrons. The highest BCUT2D eigenvalue weighted by Gasteiger charge is 2.24. The maximum atomic E-state index is 12.4. The molecule has 4 nitrogen and oxygen atoms in total. The Hall–Kier alpha value is -2.01. The van der Waals surface area contributed by atoms with Crippen molar-refractivity contribution in [2.45, 2.75) is 104 Å². The minimum absolute atomic E-state index is 0.0222. The van der Waals surface area contributed by atoms with Crippen molar-refractivity contribution in [3.8, 4) is 22.6 Å². The molecular weight excluding hydrogens is 528 g/mol. The normalized spacial score (nSPS) is 18.3. The van der Waals surface area contributed by atoms with E-state index in [2.05, 4.69) is 42.8 Å². The highest BCUT2D eigenvalue weighted by Crippen LogP contribution is 2.33. The molecule has 1 fully saturated rings. The molecule has 37 heavy (non-hydrogen) atoms. The fourth-order valence-corrected chi connectivity index (χ4v) is 5.36. The van der Waals surface area contributed by atoms with Gasteiger partial charge in [0.25, 0.3) is 0 Å². The van der Waals surface area contributed by atoms with Gasteiger partial charge in [-0.25, -0.2) is 4.79 Å². The summed E-state index contributed by atoms with van der Waals surface area (Å²) in [6.07, 6.45) is 14.1. The van der Waals surface area contributed by atoms with Crippen molar-refractivity contribution in [1.82, 2.24) is 0 Å². The van der Waals surface area contributed by atoms with Crippen LogP contribution in [0.15, 0.2) is 46.9 Å². The molecule has 0 spiro atoms. The average molecular weight is 574 g/mol. The third kappa shape index (κ3) is 10.3. The Kier molecular flexibility index (Phi) is 12.8. The molecule has 1 atom stereocenters. The minimum Gasteiger partial charge on any atom is -0.492 e. The van der Waals surface area contributed by atoms with E-state index in [-0.39, 0.29) is 6.10 Å². The zero-order valence-electron chi connectivity index (χ0n) is 23.0. The second-order valence-electron chi connectivity index (χ2n) is 10.7. The minimum atomic E-state index is -0.599. The first-order chi connectivity index (χ1) is 18.0. The zero-order valence-corrected chi connectivity index (χ0v) is 24.6. The van der Waals surface area contributed by atoms with Gasteiger partial charge in [-0.1, -0.05) is 90.3 Å². The van der Waals surface area contributed by atoms with Gasteiger partial charge in [0.15, 0.2) is 0 Å². The molecule has 2 aromatic rings. The molecule has 1 aliphatic rings. The topological polar surface area (TPSA) is 44.8 Å². The van der Waals surface area contributed by atoms with Gasteiger partial charge >= 0.3 is 6.16 Å².